The van der Waals surface area contributed by atoms with Gasteiger partial charge in [-0.05, 0) is 30.3 Å². The van der Waals surface area contributed by atoms with Crippen molar-refractivity contribution in [2.45, 2.75) is 6.29 Å². The van der Waals surface area contributed by atoms with Crippen molar-refractivity contribution >= 4 is 50.5 Å². The van der Waals surface area contributed by atoms with E-state index in [1.54, 1.807) is 0 Å². The van der Waals surface area contributed by atoms with Crippen LogP contribution in [-0.2, 0) is 0 Å². The Morgan fingerprint density at radius 2 is 2.07 bits per heavy atom. The minimum Gasteiger partial charge on any atom is -0.460 e. The number of hydrogen-bond acceptors (Lipinski definition) is 6. The van der Waals surface area contributed by atoms with Crippen molar-refractivity contribution in [1.82, 2.24) is 10.3 Å². The fraction of sp³-hybridized carbons (Fsp3) is 0.250. The maximum atomic E-state index is 10.6. The average molecular weight is 400 g/mol. The summed E-state index contributed by atoms with van der Waals surface area (Å²) in [5, 5.41) is 15.3. The third kappa shape index (κ3) is 3.08. The summed E-state index contributed by atoms with van der Waals surface area (Å²) in [6.07, 6.45) is 0.909. The lowest BCUT2D eigenvalue weighted by Crippen LogP contribution is -2.43. The van der Waals surface area contributed by atoms with Crippen molar-refractivity contribution in [2.75, 3.05) is 31.1 Å². The largest absolute Gasteiger partial charge is 0.460 e. The molecule has 1 atom stereocenters. The van der Waals surface area contributed by atoms with Gasteiger partial charge in [0.05, 0.1) is 20.8 Å². The van der Waals surface area contributed by atoms with E-state index < -0.39 is 6.29 Å². The number of aliphatic hydroxyl groups excluding tert-OH is 1. The number of hydrogen-bond donors (Lipinski definition) is 2. The van der Waals surface area contributed by atoms with Gasteiger partial charge in [-0.1, -0.05) is 17.7 Å². The summed E-state index contributed by atoms with van der Waals surface area (Å²) in [5.74, 6) is 0.696. The average Bonchev–Trinajstić information content (AvgIpc) is 3.13. The molecule has 138 valence electrons. The zero-order chi connectivity index (χ0) is 18.4. The summed E-state index contributed by atoms with van der Waals surface area (Å²) in [7, 11) is 0. The molecule has 0 bridgehead atoms. The highest BCUT2D eigenvalue weighted by Gasteiger charge is 2.25. The molecular weight excluding hydrogens is 382 g/mol. The molecule has 2 aromatic carbocycles. The Labute approximate surface area is 165 Å². The molecule has 3 heterocycles. The normalized spacial score (nSPS) is 19.6. The van der Waals surface area contributed by atoms with E-state index in [2.05, 4.69) is 21.3 Å². The van der Waals surface area contributed by atoms with Gasteiger partial charge >= 0.3 is 0 Å². The molecule has 1 aromatic heterocycles. The van der Waals surface area contributed by atoms with E-state index in [1.165, 1.54) is 11.3 Å². The molecular formula is C20H18ClN3O2S. The van der Waals surface area contributed by atoms with E-state index in [4.69, 9.17) is 16.3 Å². The van der Waals surface area contributed by atoms with Crippen molar-refractivity contribution in [3.8, 4) is 5.75 Å². The van der Waals surface area contributed by atoms with E-state index in [9.17, 15) is 5.11 Å². The van der Waals surface area contributed by atoms with Crippen molar-refractivity contribution < 1.29 is 9.84 Å². The minimum atomic E-state index is -1.05. The number of fused-ring (bicyclic) bond motifs is 2. The first-order valence-electron chi connectivity index (χ1n) is 8.90. The van der Waals surface area contributed by atoms with Crippen LogP contribution < -0.4 is 15.0 Å². The molecule has 3 aromatic rings. The number of ether oxygens (including phenoxy) is 1. The van der Waals surface area contributed by atoms with Gasteiger partial charge in [-0.25, -0.2) is 4.98 Å². The fourth-order valence-electron chi connectivity index (χ4n) is 3.49. The smallest absolute Gasteiger partial charge is 0.227 e. The van der Waals surface area contributed by atoms with Gasteiger partial charge in [0, 0.05) is 43.5 Å². The molecule has 1 fully saturated rings. The Morgan fingerprint density at radius 1 is 1.22 bits per heavy atom. The van der Waals surface area contributed by atoms with Crippen molar-refractivity contribution in [2.24, 2.45) is 0 Å². The summed E-state index contributed by atoms with van der Waals surface area (Å²) in [6, 6.07) is 11.8. The lowest BCUT2D eigenvalue weighted by atomic mass is 10.1. The summed E-state index contributed by atoms with van der Waals surface area (Å²) in [4.78, 5) is 6.94. The van der Waals surface area contributed by atoms with Crippen LogP contribution in [0, 0.1) is 0 Å². The highest BCUT2D eigenvalue weighted by Crippen LogP contribution is 2.39. The van der Waals surface area contributed by atoms with E-state index in [1.807, 2.05) is 36.4 Å². The van der Waals surface area contributed by atoms with Crippen LogP contribution in [-0.4, -0.2) is 42.6 Å². The van der Waals surface area contributed by atoms with Crippen LogP contribution in [0.15, 0.2) is 36.4 Å². The molecule has 5 nitrogen and oxygen atoms in total. The van der Waals surface area contributed by atoms with Crippen LogP contribution >= 0.6 is 22.9 Å². The molecule has 7 heteroatoms. The molecule has 0 amide bonds. The first kappa shape index (κ1) is 17.0. The van der Waals surface area contributed by atoms with Crippen LogP contribution in [0.4, 0.5) is 5.69 Å². The number of aliphatic hydroxyl groups is 1. The standard InChI is InChI=1S/C20H18ClN3O2S/c21-15-2-1-3-16-18(15)27-19(23-16)14-10-12-4-5-13(11-17(12)26-20(14)25)24-8-6-22-7-9-24/h1-5,10-11,20,22,25H,6-9H2. The molecule has 2 N–H and O–H groups in total. The second-order valence-corrected chi connectivity index (χ2v) is 8.04. The molecule has 0 radical (unpaired) electrons. The molecule has 2 aliphatic rings. The fourth-order valence-corrected chi connectivity index (χ4v) is 4.78. The van der Waals surface area contributed by atoms with E-state index >= 15 is 0 Å². The SMILES string of the molecule is OC1Oc2cc(N3CCNCC3)ccc2C=C1c1nc2cccc(Cl)c2s1. The summed E-state index contributed by atoms with van der Waals surface area (Å²) in [5.41, 5.74) is 3.55. The van der Waals surface area contributed by atoms with Crippen LogP contribution in [0.3, 0.4) is 0 Å². The number of anilines is 1. The highest BCUT2D eigenvalue weighted by atomic mass is 35.5. The molecule has 27 heavy (non-hydrogen) atoms. The van der Waals surface area contributed by atoms with Crippen molar-refractivity contribution in [3.63, 3.8) is 0 Å². The van der Waals surface area contributed by atoms with Crippen molar-refractivity contribution in [1.29, 1.82) is 0 Å². The number of thiazole rings is 1. The quantitative estimate of drug-likeness (QED) is 0.689. The van der Waals surface area contributed by atoms with Gasteiger partial charge in [0.15, 0.2) is 0 Å². The maximum Gasteiger partial charge on any atom is 0.227 e. The Hall–Kier alpha value is -2.12. The van der Waals surface area contributed by atoms with Gasteiger partial charge in [0.2, 0.25) is 6.29 Å². The maximum absolute atomic E-state index is 10.6. The first-order chi connectivity index (χ1) is 13.2. The molecule has 0 spiro atoms. The van der Waals surface area contributed by atoms with Gasteiger partial charge < -0.3 is 20.1 Å². The number of rotatable bonds is 2. The second-order valence-electron chi connectivity index (χ2n) is 6.64. The Morgan fingerprint density at radius 3 is 2.89 bits per heavy atom. The van der Waals surface area contributed by atoms with Gasteiger partial charge in [0.1, 0.15) is 10.8 Å². The Bertz CT molecular complexity index is 1040. The molecule has 1 unspecified atom stereocenters. The van der Waals surface area contributed by atoms with E-state index in [0.717, 1.165) is 52.7 Å². The topological polar surface area (TPSA) is 57.6 Å². The van der Waals surface area contributed by atoms with Gasteiger partial charge in [-0.3, -0.25) is 0 Å². The third-order valence-electron chi connectivity index (χ3n) is 4.91. The third-order valence-corrected chi connectivity index (χ3v) is 6.49. The first-order valence-corrected chi connectivity index (χ1v) is 10.1. The van der Waals surface area contributed by atoms with Gasteiger partial charge in [0.25, 0.3) is 0 Å². The summed E-state index contributed by atoms with van der Waals surface area (Å²) >= 11 is 7.73. The number of benzene rings is 2. The molecule has 0 saturated carbocycles. The molecule has 5 rings (SSSR count). The van der Waals surface area contributed by atoms with Crippen LogP contribution in [0.5, 0.6) is 5.75 Å². The zero-order valence-electron chi connectivity index (χ0n) is 14.5. The van der Waals surface area contributed by atoms with E-state index in [0.29, 0.717) is 16.3 Å². The summed E-state index contributed by atoms with van der Waals surface area (Å²) in [6.45, 7) is 3.89. The lowest BCUT2D eigenvalue weighted by Gasteiger charge is -2.30. The monoisotopic (exact) mass is 399 g/mol. The van der Waals surface area contributed by atoms with Crippen molar-refractivity contribution in [3.05, 3.63) is 52.0 Å². The highest BCUT2D eigenvalue weighted by molar-refractivity contribution is 7.20. The second kappa shape index (κ2) is 6.80. The van der Waals surface area contributed by atoms with Gasteiger partial charge in [-0.15, -0.1) is 11.3 Å². The van der Waals surface area contributed by atoms with Crippen LogP contribution in [0.2, 0.25) is 5.02 Å². The zero-order valence-corrected chi connectivity index (χ0v) is 16.1. The predicted octanol–water partition coefficient (Wildman–Crippen LogP) is 3.61. The lowest BCUT2D eigenvalue weighted by molar-refractivity contribution is 0.0320. The molecule has 0 aliphatic carbocycles. The minimum absolute atomic E-state index is 0.662. The Balaban J connectivity index is 1.51. The van der Waals surface area contributed by atoms with Crippen LogP contribution in [0.25, 0.3) is 21.9 Å². The van der Waals surface area contributed by atoms with E-state index in [-0.39, 0.29) is 0 Å². The number of halogens is 1. The Kier molecular flexibility index (Phi) is 4.28. The number of nitrogens with zero attached hydrogens (tertiary/aromatic N) is 2. The summed E-state index contributed by atoms with van der Waals surface area (Å²) < 4.78 is 6.75. The predicted molar refractivity (Wildman–Crippen MR) is 111 cm³/mol. The molecule has 1 saturated heterocycles. The number of aromatic nitrogens is 1. The number of piperazine rings is 1. The number of nitrogens with one attached hydrogen (secondary N) is 1. The van der Waals surface area contributed by atoms with Crippen LogP contribution in [0.1, 0.15) is 10.6 Å². The van der Waals surface area contributed by atoms with Gasteiger partial charge in [-0.2, -0.15) is 0 Å². The molecule has 2 aliphatic heterocycles.